The molecule has 5 rings (SSSR count). The second-order valence-corrected chi connectivity index (χ2v) is 11.1. The number of nitrogens with one attached hydrogen (secondary N) is 1. The fourth-order valence-electron chi connectivity index (χ4n) is 4.83. The first-order chi connectivity index (χ1) is 17.2. The van der Waals surface area contributed by atoms with Crippen LogP contribution in [0.4, 0.5) is 0 Å². The molecule has 8 heteroatoms. The molecule has 0 unspecified atom stereocenters. The number of rotatable bonds is 7. The number of H-pyrrole nitrogens is 1. The van der Waals surface area contributed by atoms with E-state index in [1.165, 1.54) is 4.31 Å². The Labute approximate surface area is 210 Å². The largest absolute Gasteiger partial charge is 0.454 e. The molecule has 0 saturated carbocycles. The summed E-state index contributed by atoms with van der Waals surface area (Å²) in [5, 5.41) is 0.747. The SMILES string of the molecule is Cc1cc(C)c(S(=O)(=O)N(CCc2ccccc2)Cc2cc3cc4c(cc3[nH]c2=O)OCO4)c(C)c1. The summed E-state index contributed by atoms with van der Waals surface area (Å²) in [5.74, 6) is 1.17. The van der Waals surface area contributed by atoms with Crippen LogP contribution in [-0.2, 0) is 23.0 Å². The molecule has 0 radical (unpaired) electrons. The van der Waals surface area contributed by atoms with Crippen molar-refractivity contribution < 1.29 is 17.9 Å². The summed E-state index contributed by atoms with van der Waals surface area (Å²) in [5.41, 5.74) is 4.05. The van der Waals surface area contributed by atoms with Gasteiger partial charge in [-0.25, -0.2) is 8.42 Å². The second-order valence-electron chi connectivity index (χ2n) is 9.22. The smallest absolute Gasteiger partial charge is 0.252 e. The number of nitrogens with zero attached hydrogens (tertiary/aromatic N) is 1. The Morgan fingerprint density at radius 3 is 2.28 bits per heavy atom. The number of aryl methyl sites for hydroxylation is 3. The third-order valence-corrected chi connectivity index (χ3v) is 8.61. The molecule has 4 aromatic rings. The highest BCUT2D eigenvalue weighted by atomic mass is 32.2. The molecule has 0 atom stereocenters. The average molecular weight is 505 g/mol. The van der Waals surface area contributed by atoms with Gasteiger partial charge in [0.05, 0.1) is 10.4 Å². The van der Waals surface area contributed by atoms with Gasteiger partial charge in [0.1, 0.15) is 0 Å². The van der Waals surface area contributed by atoms with Crippen LogP contribution in [-0.4, -0.2) is 31.0 Å². The van der Waals surface area contributed by atoms with E-state index in [4.69, 9.17) is 9.47 Å². The van der Waals surface area contributed by atoms with E-state index in [0.29, 0.717) is 45.0 Å². The van der Waals surface area contributed by atoms with Crippen LogP contribution in [0.25, 0.3) is 10.9 Å². The standard InChI is InChI=1S/C28H28N2O5S/c1-18-11-19(2)27(20(3)12-18)36(32,33)30(10-9-21-7-5-4-6-8-21)16-23-13-22-14-25-26(35-17-34-25)15-24(22)29-28(23)31/h4-8,11-15H,9-10,16-17H2,1-3H3,(H,29,31). The highest BCUT2D eigenvalue weighted by Gasteiger charge is 2.29. The van der Waals surface area contributed by atoms with Crippen LogP contribution in [0.15, 0.2) is 70.4 Å². The summed E-state index contributed by atoms with van der Waals surface area (Å²) in [6.07, 6.45) is 0.522. The lowest BCUT2D eigenvalue weighted by molar-refractivity contribution is 0.174. The van der Waals surface area contributed by atoms with Crippen molar-refractivity contribution in [3.63, 3.8) is 0 Å². The number of fused-ring (bicyclic) bond motifs is 2. The van der Waals surface area contributed by atoms with Crippen LogP contribution >= 0.6 is 0 Å². The lowest BCUT2D eigenvalue weighted by Crippen LogP contribution is -2.35. The number of aromatic amines is 1. The van der Waals surface area contributed by atoms with Crippen LogP contribution in [0.3, 0.4) is 0 Å². The molecule has 36 heavy (non-hydrogen) atoms. The van der Waals surface area contributed by atoms with Crippen LogP contribution in [0.2, 0.25) is 0 Å². The second kappa shape index (κ2) is 9.44. The maximum absolute atomic E-state index is 14.0. The minimum absolute atomic E-state index is 0.0539. The Morgan fingerprint density at radius 1 is 0.917 bits per heavy atom. The first-order valence-corrected chi connectivity index (χ1v) is 13.2. The Balaban J connectivity index is 1.56. The topological polar surface area (TPSA) is 88.7 Å². The Morgan fingerprint density at radius 2 is 1.58 bits per heavy atom. The van der Waals surface area contributed by atoms with Gasteiger partial charge in [-0.3, -0.25) is 4.79 Å². The zero-order valence-corrected chi connectivity index (χ0v) is 21.3. The molecule has 1 aliphatic rings. The maximum Gasteiger partial charge on any atom is 0.252 e. The lowest BCUT2D eigenvalue weighted by atomic mass is 10.1. The number of sulfonamides is 1. The number of benzene rings is 3. The molecule has 0 amide bonds. The molecular formula is C28H28N2O5S. The van der Waals surface area contributed by atoms with Crippen LogP contribution in [0.5, 0.6) is 11.5 Å². The molecule has 3 aromatic carbocycles. The lowest BCUT2D eigenvalue weighted by Gasteiger charge is -2.24. The highest BCUT2D eigenvalue weighted by molar-refractivity contribution is 7.89. The van der Waals surface area contributed by atoms with E-state index >= 15 is 0 Å². The Kier molecular flexibility index (Phi) is 6.32. The van der Waals surface area contributed by atoms with Crippen molar-refractivity contribution in [2.45, 2.75) is 38.6 Å². The number of aromatic nitrogens is 1. The fourth-order valence-corrected chi connectivity index (χ4v) is 6.66. The molecule has 1 aliphatic heterocycles. The predicted octanol–water partition coefficient (Wildman–Crippen LogP) is 4.62. The van der Waals surface area contributed by atoms with Crippen molar-refractivity contribution in [2.75, 3.05) is 13.3 Å². The average Bonchev–Trinajstić information content (AvgIpc) is 3.27. The monoisotopic (exact) mass is 504 g/mol. The van der Waals surface area contributed by atoms with Crippen LogP contribution < -0.4 is 15.0 Å². The van der Waals surface area contributed by atoms with Gasteiger partial charge in [-0.1, -0.05) is 48.0 Å². The van der Waals surface area contributed by atoms with Crippen molar-refractivity contribution in [1.82, 2.24) is 9.29 Å². The van der Waals surface area contributed by atoms with Crippen molar-refractivity contribution in [2.24, 2.45) is 0 Å². The van der Waals surface area contributed by atoms with E-state index in [2.05, 4.69) is 4.98 Å². The first-order valence-electron chi connectivity index (χ1n) is 11.8. The van der Waals surface area contributed by atoms with Crippen molar-refractivity contribution >= 4 is 20.9 Å². The zero-order valence-electron chi connectivity index (χ0n) is 20.5. The van der Waals surface area contributed by atoms with Gasteiger partial charge in [0.25, 0.3) is 5.56 Å². The van der Waals surface area contributed by atoms with Gasteiger partial charge in [0, 0.05) is 30.1 Å². The van der Waals surface area contributed by atoms with E-state index < -0.39 is 10.0 Å². The van der Waals surface area contributed by atoms with E-state index in [9.17, 15) is 13.2 Å². The summed E-state index contributed by atoms with van der Waals surface area (Å²) < 4.78 is 40.3. The molecule has 2 heterocycles. The molecule has 1 N–H and O–H groups in total. The van der Waals surface area contributed by atoms with E-state index in [1.807, 2.05) is 63.2 Å². The van der Waals surface area contributed by atoms with Crippen LogP contribution in [0.1, 0.15) is 27.8 Å². The highest BCUT2D eigenvalue weighted by Crippen LogP contribution is 2.35. The van der Waals surface area contributed by atoms with E-state index in [-0.39, 0.29) is 25.4 Å². The summed E-state index contributed by atoms with van der Waals surface area (Å²) in [6, 6.07) is 18.7. The number of ether oxygens (including phenoxy) is 2. The Bertz CT molecular complexity index is 1590. The van der Waals surface area contributed by atoms with Gasteiger partial charge >= 0.3 is 0 Å². The molecule has 186 valence electrons. The zero-order chi connectivity index (χ0) is 25.4. The van der Waals surface area contributed by atoms with Crippen molar-refractivity contribution in [1.29, 1.82) is 0 Å². The van der Waals surface area contributed by atoms with Crippen molar-refractivity contribution in [3.05, 3.63) is 98.8 Å². The molecule has 0 aliphatic carbocycles. The molecule has 7 nitrogen and oxygen atoms in total. The van der Waals surface area contributed by atoms with Gasteiger partial charge < -0.3 is 14.5 Å². The van der Waals surface area contributed by atoms with E-state index in [0.717, 1.165) is 16.5 Å². The molecule has 0 saturated heterocycles. The number of pyridine rings is 1. The van der Waals surface area contributed by atoms with Gasteiger partial charge in [0.15, 0.2) is 11.5 Å². The molecule has 0 spiro atoms. The van der Waals surface area contributed by atoms with E-state index in [1.54, 1.807) is 18.2 Å². The summed E-state index contributed by atoms with van der Waals surface area (Å²) in [4.78, 5) is 16.2. The van der Waals surface area contributed by atoms with Crippen LogP contribution in [0, 0.1) is 20.8 Å². The normalized spacial score (nSPS) is 13.0. The summed E-state index contributed by atoms with van der Waals surface area (Å²) >= 11 is 0. The Hall–Kier alpha value is -3.62. The predicted molar refractivity (Wildman–Crippen MR) is 139 cm³/mol. The van der Waals surface area contributed by atoms with Gasteiger partial charge in [-0.05, 0) is 56.0 Å². The van der Waals surface area contributed by atoms with Gasteiger partial charge in [-0.15, -0.1) is 0 Å². The molecule has 1 aromatic heterocycles. The summed E-state index contributed by atoms with van der Waals surface area (Å²) in [7, 11) is -3.89. The third kappa shape index (κ3) is 4.62. The number of hydrogen-bond acceptors (Lipinski definition) is 5. The summed E-state index contributed by atoms with van der Waals surface area (Å²) in [6.45, 7) is 5.88. The minimum atomic E-state index is -3.89. The quantitative estimate of drug-likeness (QED) is 0.397. The molecule has 0 bridgehead atoms. The molecule has 0 fully saturated rings. The number of hydrogen-bond donors (Lipinski definition) is 1. The van der Waals surface area contributed by atoms with Gasteiger partial charge in [0.2, 0.25) is 16.8 Å². The maximum atomic E-state index is 14.0. The minimum Gasteiger partial charge on any atom is -0.454 e. The fraction of sp³-hybridized carbons (Fsp3) is 0.250. The third-order valence-electron chi connectivity index (χ3n) is 6.46. The first kappa shape index (κ1) is 24.1. The van der Waals surface area contributed by atoms with Gasteiger partial charge in [-0.2, -0.15) is 4.31 Å². The molecular weight excluding hydrogens is 476 g/mol. The van der Waals surface area contributed by atoms with Crippen molar-refractivity contribution in [3.8, 4) is 11.5 Å².